The summed E-state index contributed by atoms with van der Waals surface area (Å²) in [4.78, 5) is 10.4. The van der Waals surface area contributed by atoms with Gasteiger partial charge in [0.05, 0.1) is 4.90 Å². The molecule has 1 rings (SSSR count). The van der Waals surface area contributed by atoms with Crippen LogP contribution >= 0.6 is 11.6 Å². The molecular weight excluding hydrogens is 254 g/mol. The Labute approximate surface area is 98.3 Å². The number of carboxylic acids is 1. The zero-order valence-corrected chi connectivity index (χ0v) is 9.99. The van der Waals surface area contributed by atoms with E-state index in [1.54, 1.807) is 0 Å². The quantitative estimate of drug-likeness (QED) is 0.881. The van der Waals surface area contributed by atoms with Crippen LogP contribution in [-0.2, 0) is 14.8 Å². The Hall–Kier alpha value is -1.11. The summed E-state index contributed by atoms with van der Waals surface area (Å²) in [6.07, 6.45) is 0. The number of carbonyl (C=O) groups is 1. The lowest BCUT2D eigenvalue weighted by Crippen LogP contribution is -2.31. The second-order valence-corrected chi connectivity index (χ2v) is 5.59. The number of sulfonamides is 1. The molecule has 0 aromatic heterocycles. The molecular formula is C9H10ClNO4S. The van der Waals surface area contributed by atoms with E-state index in [4.69, 9.17) is 16.7 Å². The van der Waals surface area contributed by atoms with Gasteiger partial charge in [-0.1, -0.05) is 17.7 Å². The number of rotatable bonds is 4. The third-order valence-electron chi connectivity index (χ3n) is 1.86. The summed E-state index contributed by atoms with van der Waals surface area (Å²) in [6, 6.07) is 5.66. The Morgan fingerprint density at radius 1 is 1.50 bits per heavy atom. The van der Waals surface area contributed by atoms with E-state index in [0.717, 1.165) is 4.31 Å². The van der Waals surface area contributed by atoms with Gasteiger partial charge in [-0.05, 0) is 18.2 Å². The third kappa shape index (κ3) is 2.94. The lowest BCUT2D eigenvalue weighted by molar-refractivity contribution is -0.137. The number of hydrogen-bond donors (Lipinski definition) is 1. The van der Waals surface area contributed by atoms with Gasteiger partial charge in [0.15, 0.2) is 0 Å². The highest BCUT2D eigenvalue weighted by molar-refractivity contribution is 7.89. The van der Waals surface area contributed by atoms with Crippen molar-refractivity contribution < 1.29 is 18.3 Å². The van der Waals surface area contributed by atoms with Gasteiger partial charge in [-0.25, -0.2) is 8.42 Å². The van der Waals surface area contributed by atoms with Crippen molar-refractivity contribution in [1.29, 1.82) is 0 Å². The Balaban J connectivity index is 3.07. The van der Waals surface area contributed by atoms with Crippen molar-refractivity contribution in [3.63, 3.8) is 0 Å². The molecule has 16 heavy (non-hydrogen) atoms. The van der Waals surface area contributed by atoms with Gasteiger partial charge in [-0.3, -0.25) is 4.79 Å². The Bertz CT molecular complexity index is 500. The summed E-state index contributed by atoms with van der Waals surface area (Å²) in [6.45, 7) is -0.588. The highest BCUT2D eigenvalue weighted by Gasteiger charge is 2.22. The molecule has 0 aliphatic heterocycles. The maximum Gasteiger partial charge on any atom is 0.318 e. The first-order chi connectivity index (χ1) is 7.34. The van der Waals surface area contributed by atoms with Crippen molar-refractivity contribution in [2.45, 2.75) is 4.90 Å². The second-order valence-electron chi connectivity index (χ2n) is 3.11. The highest BCUT2D eigenvalue weighted by atomic mass is 35.5. The van der Waals surface area contributed by atoms with Crippen molar-refractivity contribution >= 4 is 27.6 Å². The molecule has 0 fully saturated rings. The lowest BCUT2D eigenvalue weighted by atomic mass is 10.4. The molecule has 0 aliphatic carbocycles. The van der Waals surface area contributed by atoms with E-state index < -0.39 is 22.5 Å². The summed E-state index contributed by atoms with van der Waals surface area (Å²) >= 11 is 5.66. The molecule has 0 saturated carbocycles. The summed E-state index contributed by atoms with van der Waals surface area (Å²) in [5, 5.41) is 8.80. The summed E-state index contributed by atoms with van der Waals surface area (Å²) in [7, 11) is -2.59. The monoisotopic (exact) mass is 263 g/mol. The van der Waals surface area contributed by atoms with Crippen LogP contribution in [0.3, 0.4) is 0 Å². The molecule has 0 spiro atoms. The molecule has 5 nitrogen and oxygen atoms in total. The first-order valence-corrected chi connectivity index (χ1v) is 6.09. The maximum atomic E-state index is 11.8. The van der Waals surface area contributed by atoms with E-state index in [1.165, 1.54) is 31.3 Å². The van der Waals surface area contributed by atoms with Gasteiger partial charge in [0.25, 0.3) is 0 Å². The van der Waals surface area contributed by atoms with Gasteiger partial charge in [-0.2, -0.15) is 4.31 Å². The molecule has 7 heteroatoms. The van der Waals surface area contributed by atoms with Crippen LogP contribution in [0.15, 0.2) is 29.2 Å². The van der Waals surface area contributed by atoms with Gasteiger partial charge in [0.2, 0.25) is 10.0 Å². The number of nitrogens with zero attached hydrogens (tertiary/aromatic N) is 1. The molecule has 0 amide bonds. The largest absolute Gasteiger partial charge is 0.480 e. The van der Waals surface area contributed by atoms with Crippen molar-refractivity contribution in [2.24, 2.45) is 0 Å². The number of benzene rings is 1. The van der Waals surface area contributed by atoms with Crippen LogP contribution in [0.2, 0.25) is 5.02 Å². The van der Waals surface area contributed by atoms with E-state index in [2.05, 4.69) is 0 Å². The van der Waals surface area contributed by atoms with Crippen LogP contribution in [0.1, 0.15) is 0 Å². The number of likely N-dealkylation sites (N-methyl/N-ethyl adjacent to an activating group) is 1. The van der Waals surface area contributed by atoms with Crippen molar-refractivity contribution in [3.8, 4) is 0 Å². The van der Waals surface area contributed by atoms with E-state index >= 15 is 0 Å². The predicted octanol–water partition coefficient (Wildman–Crippen LogP) is 1.05. The molecule has 0 aliphatic rings. The van der Waals surface area contributed by atoms with Gasteiger partial charge in [-0.15, -0.1) is 0 Å². The van der Waals surface area contributed by atoms with Crippen LogP contribution in [0.25, 0.3) is 0 Å². The zero-order valence-electron chi connectivity index (χ0n) is 8.42. The van der Waals surface area contributed by atoms with Gasteiger partial charge < -0.3 is 5.11 Å². The molecule has 0 unspecified atom stereocenters. The average Bonchev–Trinajstić information content (AvgIpc) is 2.16. The summed E-state index contributed by atoms with van der Waals surface area (Å²) in [5.41, 5.74) is 0. The average molecular weight is 264 g/mol. The Kier molecular flexibility index (Phi) is 3.90. The summed E-state index contributed by atoms with van der Waals surface area (Å²) in [5.74, 6) is -1.21. The lowest BCUT2D eigenvalue weighted by Gasteiger charge is -2.14. The normalized spacial score (nSPS) is 11.7. The number of hydrogen-bond acceptors (Lipinski definition) is 3. The van der Waals surface area contributed by atoms with Gasteiger partial charge >= 0.3 is 5.97 Å². The fourth-order valence-corrected chi connectivity index (χ4v) is 2.50. The molecule has 0 bridgehead atoms. The molecule has 1 N–H and O–H groups in total. The number of aliphatic carboxylic acids is 1. The molecule has 88 valence electrons. The zero-order chi connectivity index (χ0) is 12.3. The maximum absolute atomic E-state index is 11.8. The predicted molar refractivity (Wildman–Crippen MR) is 58.9 cm³/mol. The Morgan fingerprint density at radius 3 is 2.62 bits per heavy atom. The molecule has 0 radical (unpaired) electrons. The fourth-order valence-electron chi connectivity index (χ4n) is 1.08. The molecule has 0 heterocycles. The smallest absolute Gasteiger partial charge is 0.318 e. The second kappa shape index (κ2) is 4.82. The van der Waals surface area contributed by atoms with Crippen LogP contribution in [-0.4, -0.2) is 37.4 Å². The van der Waals surface area contributed by atoms with Crippen LogP contribution in [0.4, 0.5) is 0 Å². The van der Waals surface area contributed by atoms with E-state index in [0.29, 0.717) is 0 Å². The summed E-state index contributed by atoms with van der Waals surface area (Å²) < 4.78 is 24.4. The number of carboxylic acid groups (broad SMARTS) is 1. The molecule has 0 atom stereocenters. The Morgan fingerprint density at radius 2 is 2.12 bits per heavy atom. The minimum Gasteiger partial charge on any atom is -0.480 e. The topological polar surface area (TPSA) is 74.7 Å². The van der Waals surface area contributed by atoms with Crippen molar-refractivity contribution in [2.75, 3.05) is 13.6 Å². The van der Waals surface area contributed by atoms with Crippen molar-refractivity contribution in [3.05, 3.63) is 29.3 Å². The third-order valence-corrected chi connectivity index (χ3v) is 3.90. The first kappa shape index (κ1) is 13.0. The van der Waals surface area contributed by atoms with Crippen LogP contribution in [0, 0.1) is 0 Å². The molecule has 1 aromatic rings. The standard InChI is InChI=1S/C9H10ClNO4S/c1-11(6-9(12)13)16(14,15)8-4-2-3-7(10)5-8/h2-5H,6H2,1H3,(H,12,13). The van der Waals surface area contributed by atoms with Crippen molar-refractivity contribution in [1.82, 2.24) is 4.31 Å². The first-order valence-electron chi connectivity index (χ1n) is 4.28. The van der Waals surface area contributed by atoms with E-state index in [-0.39, 0.29) is 9.92 Å². The minimum absolute atomic E-state index is 0.0243. The van der Waals surface area contributed by atoms with Gasteiger partial charge in [0, 0.05) is 12.1 Å². The fraction of sp³-hybridized carbons (Fsp3) is 0.222. The van der Waals surface area contributed by atoms with E-state index in [9.17, 15) is 13.2 Å². The minimum atomic E-state index is -3.79. The van der Waals surface area contributed by atoms with E-state index in [1.807, 2.05) is 0 Å². The number of halogens is 1. The highest BCUT2D eigenvalue weighted by Crippen LogP contribution is 2.18. The SMILES string of the molecule is CN(CC(=O)O)S(=O)(=O)c1cccc(Cl)c1. The molecule has 1 aromatic carbocycles. The van der Waals surface area contributed by atoms with Crippen LogP contribution < -0.4 is 0 Å². The molecule has 0 saturated heterocycles. The van der Waals surface area contributed by atoms with Crippen LogP contribution in [0.5, 0.6) is 0 Å². The van der Waals surface area contributed by atoms with Gasteiger partial charge in [0.1, 0.15) is 6.54 Å².